The minimum absolute atomic E-state index is 0.430. The van der Waals surface area contributed by atoms with Crippen LogP contribution in [0.25, 0.3) is 0 Å². The van der Waals surface area contributed by atoms with Crippen molar-refractivity contribution in [2.45, 2.75) is 13.1 Å². The average molecular weight is 325 g/mol. The van der Waals surface area contributed by atoms with Crippen molar-refractivity contribution in [1.82, 2.24) is 4.90 Å². The quantitative estimate of drug-likeness (QED) is 0.837. The van der Waals surface area contributed by atoms with Gasteiger partial charge in [0, 0.05) is 13.1 Å². The van der Waals surface area contributed by atoms with Crippen LogP contribution >= 0.6 is 23.2 Å². The molecule has 0 amide bonds. The Balaban J connectivity index is 2.02. The second-order valence-corrected chi connectivity index (χ2v) is 5.81. The van der Waals surface area contributed by atoms with Crippen LogP contribution in [0.1, 0.15) is 11.1 Å². The van der Waals surface area contributed by atoms with Gasteiger partial charge in [0.15, 0.2) is 0 Å². The molecule has 2 aromatic carbocycles. The van der Waals surface area contributed by atoms with E-state index in [2.05, 4.69) is 17.0 Å². The fraction of sp³-hybridized carbons (Fsp3) is 0.250. The lowest BCUT2D eigenvalue weighted by atomic mass is 10.1. The first-order valence-corrected chi connectivity index (χ1v) is 7.30. The van der Waals surface area contributed by atoms with Crippen molar-refractivity contribution >= 4 is 28.9 Å². The van der Waals surface area contributed by atoms with E-state index in [-0.39, 0.29) is 0 Å². The highest BCUT2D eigenvalue weighted by Gasteiger charge is 2.07. The molecule has 0 heterocycles. The van der Waals surface area contributed by atoms with E-state index in [4.69, 9.17) is 33.7 Å². The summed E-state index contributed by atoms with van der Waals surface area (Å²) in [5.74, 6) is 0.860. The third-order valence-electron chi connectivity index (χ3n) is 3.20. The highest BCUT2D eigenvalue weighted by molar-refractivity contribution is 6.38. The number of nitrogens with two attached hydrogens (primary N) is 1. The normalized spacial score (nSPS) is 10.9. The van der Waals surface area contributed by atoms with Crippen molar-refractivity contribution in [3.63, 3.8) is 0 Å². The van der Waals surface area contributed by atoms with Gasteiger partial charge >= 0.3 is 0 Å². The predicted molar refractivity (Wildman–Crippen MR) is 89.0 cm³/mol. The number of nitrogen functional groups attached to an aromatic ring is 1. The van der Waals surface area contributed by atoms with E-state index in [0.29, 0.717) is 15.7 Å². The van der Waals surface area contributed by atoms with Gasteiger partial charge in [0.25, 0.3) is 0 Å². The highest BCUT2D eigenvalue weighted by Crippen LogP contribution is 2.29. The molecule has 21 heavy (non-hydrogen) atoms. The SMILES string of the molecule is COc1ccc(CN(C)Cc2cc(Cl)c(N)c(Cl)c2)cc1. The van der Waals surface area contributed by atoms with Crippen LogP contribution < -0.4 is 10.5 Å². The second-order valence-electron chi connectivity index (χ2n) is 4.99. The third-order valence-corrected chi connectivity index (χ3v) is 3.83. The number of ether oxygens (including phenoxy) is 1. The number of hydrogen-bond acceptors (Lipinski definition) is 3. The van der Waals surface area contributed by atoms with E-state index in [1.807, 2.05) is 31.3 Å². The van der Waals surface area contributed by atoms with Gasteiger partial charge in [-0.1, -0.05) is 35.3 Å². The number of nitrogens with zero attached hydrogens (tertiary/aromatic N) is 1. The summed E-state index contributed by atoms with van der Waals surface area (Å²) in [6, 6.07) is 11.7. The predicted octanol–water partition coefficient (Wildman–Crippen LogP) is 4.22. The number of hydrogen-bond donors (Lipinski definition) is 1. The van der Waals surface area contributed by atoms with Crippen LogP contribution in [0.2, 0.25) is 10.0 Å². The van der Waals surface area contributed by atoms with Gasteiger partial charge in [0.2, 0.25) is 0 Å². The molecule has 0 atom stereocenters. The topological polar surface area (TPSA) is 38.5 Å². The Labute approximate surface area is 135 Å². The molecule has 5 heteroatoms. The van der Waals surface area contributed by atoms with E-state index in [1.54, 1.807) is 7.11 Å². The minimum atomic E-state index is 0.430. The molecule has 0 radical (unpaired) electrons. The summed E-state index contributed by atoms with van der Waals surface area (Å²) < 4.78 is 5.15. The number of anilines is 1. The maximum absolute atomic E-state index is 6.05. The summed E-state index contributed by atoms with van der Waals surface area (Å²) in [5, 5.41) is 0.991. The van der Waals surface area contributed by atoms with Crippen LogP contribution in [0.3, 0.4) is 0 Å². The van der Waals surface area contributed by atoms with E-state index in [1.165, 1.54) is 5.56 Å². The van der Waals surface area contributed by atoms with Crippen LogP contribution in [0, 0.1) is 0 Å². The Bertz CT molecular complexity index is 591. The zero-order valence-corrected chi connectivity index (χ0v) is 13.6. The number of rotatable bonds is 5. The first-order valence-electron chi connectivity index (χ1n) is 6.54. The van der Waals surface area contributed by atoms with Gasteiger partial charge in [-0.2, -0.15) is 0 Å². The summed E-state index contributed by atoms with van der Waals surface area (Å²) in [7, 11) is 3.71. The molecule has 0 saturated heterocycles. The summed E-state index contributed by atoms with van der Waals surface area (Å²) in [6.45, 7) is 1.56. The summed E-state index contributed by atoms with van der Waals surface area (Å²) in [5.41, 5.74) is 8.42. The first-order chi connectivity index (χ1) is 9.99. The molecule has 2 N–H and O–H groups in total. The molecule has 0 saturated carbocycles. The van der Waals surface area contributed by atoms with Crippen molar-refractivity contribution < 1.29 is 4.74 Å². The van der Waals surface area contributed by atoms with E-state index < -0.39 is 0 Å². The molecule has 0 aliphatic heterocycles. The Kier molecular flexibility index (Phi) is 5.34. The smallest absolute Gasteiger partial charge is 0.118 e. The van der Waals surface area contributed by atoms with Crippen LogP contribution in [0.15, 0.2) is 36.4 Å². The first kappa shape index (κ1) is 16.0. The molecular weight excluding hydrogens is 307 g/mol. The molecule has 0 fully saturated rings. The average Bonchev–Trinajstić information content (AvgIpc) is 2.45. The van der Waals surface area contributed by atoms with Gasteiger partial charge in [0.1, 0.15) is 5.75 Å². The minimum Gasteiger partial charge on any atom is -0.497 e. The zero-order chi connectivity index (χ0) is 15.4. The maximum atomic E-state index is 6.05. The van der Waals surface area contributed by atoms with E-state index >= 15 is 0 Å². The van der Waals surface area contributed by atoms with Gasteiger partial charge in [-0.3, -0.25) is 4.90 Å². The lowest BCUT2D eigenvalue weighted by Gasteiger charge is -2.18. The third kappa shape index (κ3) is 4.27. The fourth-order valence-corrected chi connectivity index (χ4v) is 2.67. The second kappa shape index (κ2) is 7.03. The zero-order valence-electron chi connectivity index (χ0n) is 12.1. The molecule has 2 aromatic rings. The standard InChI is InChI=1S/C16H18Cl2N2O/c1-20(9-11-3-5-13(21-2)6-4-11)10-12-7-14(17)16(19)15(18)8-12/h3-8H,9-10,19H2,1-2H3. The lowest BCUT2D eigenvalue weighted by molar-refractivity contribution is 0.319. The molecule has 0 aromatic heterocycles. The van der Waals surface area contributed by atoms with Gasteiger partial charge in [-0.25, -0.2) is 0 Å². The van der Waals surface area contributed by atoms with Crippen molar-refractivity contribution in [2.75, 3.05) is 19.9 Å². The molecule has 3 nitrogen and oxygen atoms in total. The molecule has 0 bridgehead atoms. The Morgan fingerprint density at radius 3 is 2.05 bits per heavy atom. The summed E-state index contributed by atoms with van der Waals surface area (Å²) in [6.07, 6.45) is 0. The van der Waals surface area contributed by atoms with Crippen LogP contribution in [-0.4, -0.2) is 19.1 Å². The number of methoxy groups -OCH3 is 1. The largest absolute Gasteiger partial charge is 0.497 e. The van der Waals surface area contributed by atoms with Gasteiger partial charge < -0.3 is 10.5 Å². The molecular formula is C16H18Cl2N2O. The monoisotopic (exact) mass is 324 g/mol. The van der Waals surface area contributed by atoms with Gasteiger partial charge in [0.05, 0.1) is 22.8 Å². The van der Waals surface area contributed by atoms with Crippen LogP contribution in [-0.2, 0) is 13.1 Å². The number of halogens is 2. The van der Waals surface area contributed by atoms with Crippen molar-refractivity contribution in [3.05, 3.63) is 57.6 Å². The molecule has 0 unspecified atom stereocenters. The molecule has 2 rings (SSSR count). The fourth-order valence-electron chi connectivity index (χ4n) is 2.14. The van der Waals surface area contributed by atoms with Crippen molar-refractivity contribution in [3.8, 4) is 5.75 Å². The Morgan fingerprint density at radius 1 is 1.00 bits per heavy atom. The maximum Gasteiger partial charge on any atom is 0.118 e. The lowest BCUT2D eigenvalue weighted by Crippen LogP contribution is -2.17. The Hall–Kier alpha value is -1.42. The van der Waals surface area contributed by atoms with Crippen molar-refractivity contribution in [2.24, 2.45) is 0 Å². The summed E-state index contributed by atoms with van der Waals surface area (Å²) >= 11 is 12.1. The van der Waals surface area contributed by atoms with Crippen LogP contribution in [0.4, 0.5) is 5.69 Å². The highest BCUT2D eigenvalue weighted by atomic mass is 35.5. The molecule has 0 aliphatic rings. The molecule has 112 valence electrons. The van der Waals surface area contributed by atoms with E-state index in [0.717, 1.165) is 24.4 Å². The van der Waals surface area contributed by atoms with Gasteiger partial charge in [-0.05, 0) is 42.4 Å². The van der Waals surface area contributed by atoms with Crippen molar-refractivity contribution in [1.29, 1.82) is 0 Å². The van der Waals surface area contributed by atoms with Gasteiger partial charge in [-0.15, -0.1) is 0 Å². The van der Waals surface area contributed by atoms with Crippen LogP contribution in [0.5, 0.6) is 5.75 Å². The summed E-state index contributed by atoms with van der Waals surface area (Å²) in [4.78, 5) is 2.18. The Morgan fingerprint density at radius 2 is 1.52 bits per heavy atom. The van der Waals surface area contributed by atoms with E-state index in [9.17, 15) is 0 Å². The number of benzene rings is 2. The molecule has 0 aliphatic carbocycles. The molecule has 0 spiro atoms.